The Balaban J connectivity index is 1.86. The number of halogens is 2. The van der Waals surface area contributed by atoms with Crippen LogP contribution in [-0.2, 0) is 13.0 Å². The molecule has 1 aliphatic rings. The van der Waals surface area contributed by atoms with Crippen molar-refractivity contribution in [3.05, 3.63) is 61.7 Å². The molecule has 0 bridgehead atoms. The molecule has 154 valence electrons. The van der Waals surface area contributed by atoms with E-state index in [0.717, 1.165) is 35.3 Å². The topological polar surface area (TPSA) is 55.4 Å². The summed E-state index contributed by atoms with van der Waals surface area (Å²) in [6.07, 6.45) is 0.844. The molecular weight excluding hydrogens is 461 g/mol. The van der Waals surface area contributed by atoms with Crippen LogP contribution in [-0.4, -0.2) is 43.4 Å². The molecule has 1 aromatic carbocycles. The Hall–Kier alpha value is -1.84. The Kier molecular flexibility index (Phi) is 5.15. The molecule has 0 radical (unpaired) electrons. The number of likely N-dealkylation sites (N-methyl/N-ethyl adjacent to an activating group) is 1. The van der Waals surface area contributed by atoms with Crippen LogP contribution in [0.2, 0.25) is 5.02 Å². The summed E-state index contributed by atoms with van der Waals surface area (Å²) in [5, 5.41) is 11.3. The number of rotatable bonds is 4. The highest BCUT2D eigenvalue weighted by molar-refractivity contribution is 7.99. The molecule has 0 atom stereocenters. The second-order valence-electron chi connectivity index (χ2n) is 7.21. The van der Waals surface area contributed by atoms with E-state index in [-0.39, 0.29) is 5.56 Å². The van der Waals surface area contributed by atoms with Crippen molar-refractivity contribution in [2.24, 2.45) is 0 Å². The highest BCUT2D eigenvalue weighted by atomic mass is 35.5. The van der Waals surface area contributed by atoms with Crippen molar-refractivity contribution in [3.63, 3.8) is 0 Å². The number of aromatic nitrogens is 4. The summed E-state index contributed by atoms with van der Waals surface area (Å²) in [7, 11) is 2.10. The fourth-order valence-electron chi connectivity index (χ4n) is 3.74. The van der Waals surface area contributed by atoms with Gasteiger partial charge in [-0.1, -0.05) is 41.5 Å². The molecule has 0 spiro atoms. The highest BCUT2D eigenvalue weighted by Gasteiger charge is 2.26. The first-order chi connectivity index (χ1) is 14.4. The zero-order valence-corrected chi connectivity index (χ0v) is 19.2. The molecule has 0 amide bonds. The molecule has 5 rings (SSSR count). The van der Waals surface area contributed by atoms with Crippen LogP contribution in [0, 0.1) is 0 Å². The number of hydrogen-bond acceptors (Lipinski definition) is 6. The van der Waals surface area contributed by atoms with Gasteiger partial charge in [-0.15, -0.1) is 21.5 Å². The second-order valence-corrected chi connectivity index (χ2v) is 10.2. The Labute approximate surface area is 190 Å². The van der Waals surface area contributed by atoms with E-state index in [2.05, 4.69) is 28.7 Å². The standard InChI is InChI=1S/C20H17Cl2N5OS2/c1-11(21)10-29-20-24-23-19-26(13-5-3-12(22)4-6-13)17(28)16-14-7-8-25(2)9-15(14)30-18(16)27(19)20/h3-6H,1,7-10H2,2H3. The van der Waals surface area contributed by atoms with E-state index in [1.54, 1.807) is 28.0 Å². The quantitative estimate of drug-likeness (QED) is 0.402. The van der Waals surface area contributed by atoms with Gasteiger partial charge in [0, 0.05) is 33.8 Å². The van der Waals surface area contributed by atoms with Crippen LogP contribution in [0.5, 0.6) is 0 Å². The molecule has 30 heavy (non-hydrogen) atoms. The van der Waals surface area contributed by atoms with Gasteiger partial charge in [0.05, 0.1) is 11.1 Å². The van der Waals surface area contributed by atoms with Gasteiger partial charge in [0.25, 0.3) is 5.56 Å². The van der Waals surface area contributed by atoms with Crippen LogP contribution in [0.15, 0.2) is 45.8 Å². The molecule has 4 aromatic rings. The van der Waals surface area contributed by atoms with Crippen LogP contribution < -0.4 is 5.56 Å². The van der Waals surface area contributed by atoms with Crippen LogP contribution in [0.1, 0.15) is 10.4 Å². The summed E-state index contributed by atoms with van der Waals surface area (Å²) in [5.74, 6) is 0.988. The zero-order valence-electron chi connectivity index (χ0n) is 16.1. The van der Waals surface area contributed by atoms with Gasteiger partial charge in [0.15, 0.2) is 5.16 Å². The minimum atomic E-state index is -0.0763. The first-order valence-electron chi connectivity index (χ1n) is 9.29. The molecule has 0 N–H and O–H groups in total. The van der Waals surface area contributed by atoms with E-state index < -0.39 is 0 Å². The van der Waals surface area contributed by atoms with Crippen molar-refractivity contribution in [1.82, 2.24) is 24.1 Å². The maximum absolute atomic E-state index is 13.7. The predicted molar refractivity (Wildman–Crippen MR) is 125 cm³/mol. The van der Waals surface area contributed by atoms with Gasteiger partial charge < -0.3 is 4.90 Å². The maximum atomic E-state index is 13.7. The zero-order chi connectivity index (χ0) is 21.0. The van der Waals surface area contributed by atoms with E-state index in [1.165, 1.54) is 16.6 Å². The Bertz CT molecular complexity index is 1360. The van der Waals surface area contributed by atoms with Crippen molar-refractivity contribution in [1.29, 1.82) is 0 Å². The summed E-state index contributed by atoms with van der Waals surface area (Å²) in [5.41, 5.74) is 1.76. The lowest BCUT2D eigenvalue weighted by atomic mass is 10.1. The largest absolute Gasteiger partial charge is 0.301 e. The molecule has 0 saturated heterocycles. The summed E-state index contributed by atoms with van der Waals surface area (Å²) >= 11 is 15.2. The first kappa shape index (κ1) is 20.1. The van der Waals surface area contributed by atoms with Crippen molar-refractivity contribution >= 4 is 62.3 Å². The molecule has 4 heterocycles. The lowest BCUT2D eigenvalue weighted by Gasteiger charge is -2.21. The Morgan fingerprint density at radius 3 is 2.80 bits per heavy atom. The molecule has 6 nitrogen and oxygen atoms in total. The fourth-order valence-corrected chi connectivity index (χ4v) is 6.19. The molecule has 10 heteroatoms. The van der Waals surface area contributed by atoms with E-state index in [4.69, 9.17) is 23.2 Å². The minimum Gasteiger partial charge on any atom is -0.301 e. The summed E-state index contributed by atoms with van der Waals surface area (Å²) in [6, 6.07) is 7.19. The number of hydrogen-bond donors (Lipinski definition) is 0. The normalized spacial score (nSPS) is 14.5. The summed E-state index contributed by atoms with van der Waals surface area (Å²) in [4.78, 5) is 18.1. The minimum absolute atomic E-state index is 0.0763. The summed E-state index contributed by atoms with van der Waals surface area (Å²) < 4.78 is 3.59. The molecule has 1 aliphatic heterocycles. The average molecular weight is 478 g/mol. The predicted octanol–water partition coefficient (Wildman–Crippen LogP) is 4.58. The molecule has 0 saturated carbocycles. The van der Waals surface area contributed by atoms with Gasteiger partial charge in [0.1, 0.15) is 4.83 Å². The molecule has 3 aromatic heterocycles. The highest BCUT2D eigenvalue weighted by Crippen LogP contribution is 2.35. The molecular formula is C20H17Cl2N5OS2. The van der Waals surface area contributed by atoms with Gasteiger partial charge in [-0.2, -0.15) is 0 Å². The van der Waals surface area contributed by atoms with Crippen molar-refractivity contribution in [2.75, 3.05) is 19.3 Å². The third kappa shape index (κ3) is 3.27. The van der Waals surface area contributed by atoms with Crippen molar-refractivity contribution < 1.29 is 0 Å². The van der Waals surface area contributed by atoms with Gasteiger partial charge in [-0.3, -0.25) is 4.79 Å². The smallest absolute Gasteiger partial charge is 0.268 e. The third-order valence-corrected chi connectivity index (χ3v) is 7.87. The molecule has 0 fully saturated rings. The lowest BCUT2D eigenvalue weighted by molar-refractivity contribution is 0.318. The van der Waals surface area contributed by atoms with Crippen molar-refractivity contribution in [2.45, 2.75) is 18.1 Å². The van der Waals surface area contributed by atoms with Crippen LogP contribution in [0.4, 0.5) is 0 Å². The lowest BCUT2D eigenvalue weighted by Crippen LogP contribution is -2.27. The number of thioether (sulfide) groups is 1. The van der Waals surface area contributed by atoms with E-state index in [1.807, 2.05) is 16.5 Å². The van der Waals surface area contributed by atoms with E-state index in [0.29, 0.717) is 32.4 Å². The van der Waals surface area contributed by atoms with Crippen LogP contribution >= 0.6 is 46.3 Å². The number of nitrogens with zero attached hydrogens (tertiary/aromatic N) is 5. The maximum Gasteiger partial charge on any atom is 0.268 e. The Morgan fingerprint density at radius 1 is 1.30 bits per heavy atom. The summed E-state index contributed by atoms with van der Waals surface area (Å²) in [6.45, 7) is 5.52. The second kappa shape index (κ2) is 7.69. The van der Waals surface area contributed by atoms with Gasteiger partial charge >= 0.3 is 0 Å². The van der Waals surface area contributed by atoms with E-state index >= 15 is 0 Å². The van der Waals surface area contributed by atoms with Crippen LogP contribution in [0.25, 0.3) is 21.7 Å². The fraction of sp³-hybridized carbons (Fsp3) is 0.250. The first-order valence-corrected chi connectivity index (χ1v) is 11.8. The SMILES string of the molecule is C=C(Cl)CSc1nnc2n(-c3ccc(Cl)cc3)c(=O)c3c4c(sc3n12)CN(C)CC4. The van der Waals surface area contributed by atoms with Gasteiger partial charge in [-0.25, -0.2) is 8.97 Å². The number of benzene rings is 1. The monoisotopic (exact) mass is 477 g/mol. The third-order valence-electron chi connectivity index (χ3n) is 5.11. The van der Waals surface area contributed by atoms with Gasteiger partial charge in [-0.05, 0) is 43.3 Å². The van der Waals surface area contributed by atoms with Gasteiger partial charge in [0.2, 0.25) is 5.78 Å². The average Bonchev–Trinajstić information content (AvgIpc) is 3.28. The van der Waals surface area contributed by atoms with Crippen LogP contribution in [0.3, 0.4) is 0 Å². The number of thiophene rings is 1. The molecule has 0 unspecified atom stereocenters. The number of fused-ring (bicyclic) bond motifs is 5. The van der Waals surface area contributed by atoms with E-state index in [9.17, 15) is 4.79 Å². The Morgan fingerprint density at radius 2 is 2.07 bits per heavy atom. The molecule has 0 aliphatic carbocycles. The van der Waals surface area contributed by atoms with Crippen molar-refractivity contribution in [3.8, 4) is 5.69 Å².